The van der Waals surface area contributed by atoms with Crippen molar-refractivity contribution in [2.45, 2.75) is 11.8 Å². The lowest BCUT2D eigenvalue weighted by atomic mass is 10.1. The third-order valence-corrected chi connectivity index (χ3v) is 3.23. The van der Waals surface area contributed by atoms with Gasteiger partial charge in [0.1, 0.15) is 4.90 Å². The first-order valence-electron chi connectivity index (χ1n) is 3.71. The van der Waals surface area contributed by atoms with Crippen molar-refractivity contribution in [3.05, 3.63) is 27.7 Å². The van der Waals surface area contributed by atoms with Crippen molar-refractivity contribution in [1.82, 2.24) is 0 Å². The van der Waals surface area contributed by atoms with Crippen LogP contribution in [0.5, 0.6) is 0 Å². The molecule has 0 saturated carbocycles. The summed E-state index contributed by atoms with van der Waals surface area (Å²) < 4.78 is 34.4. The van der Waals surface area contributed by atoms with Gasteiger partial charge in [-0.2, -0.15) is 8.42 Å². The van der Waals surface area contributed by atoms with Crippen LogP contribution in [0.25, 0.3) is 0 Å². The topological polar surface area (TPSA) is 71.4 Å². The van der Waals surface area contributed by atoms with Gasteiger partial charge in [-0.25, -0.2) is 4.79 Å². The summed E-state index contributed by atoms with van der Waals surface area (Å²) in [4.78, 5) is 10.1. The summed E-state index contributed by atoms with van der Waals surface area (Å²) in [5.41, 5.74) is -0.367. The fraction of sp³-hybridized carbons (Fsp3) is 0.125. The Labute approximate surface area is 94.1 Å². The zero-order chi connectivity index (χ0) is 11.8. The molecule has 82 valence electrons. The molecule has 0 aliphatic rings. The summed E-state index contributed by atoms with van der Waals surface area (Å²) in [5, 5.41) is 8.74. The van der Waals surface area contributed by atoms with Gasteiger partial charge in [-0.05, 0) is 24.6 Å². The molecule has 0 aliphatic carbocycles. The number of carboxylic acids is 1. The molecular weight excluding hydrogens is 291 g/mol. The van der Waals surface area contributed by atoms with Gasteiger partial charge in [-0.3, -0.25) is 0 Å². The van der Waals surface area contributed by atoms with Crippen molar-refractivity contribution in [1.29, 1.82) is 0 Å². The predicted molar refractivity (Wildman–Crippen MR) is 54.1 cm³/mol. The minimum absolute atomic E-state index is 0.117. The van der Waals surface area contributed by atoms with E-state index in [-0.39, 0.29) is 15.6 Å². The predicted octanol–water partition coefficient (Wildman–Crippen LogP) is 2.11. The number of carboxylic acid groups (broad SMARTS) is 1. The summed E-state index contributed by atoms with van der Waals surface area (Å²) in [6.45, 7) is 1.24. The second-order valence-electron chi connectivity index (χ2n) is 2.82. The van der Waals surface area contributed by atoms with E-state index >= 15 is 0 Å². The molecule has 4 nitrogen and oxygen atoms in total. The van der Waals surface area contributed by atoms with Gasteiger partial charge in [0, 0.05) is 4.47 Å². The Bertz CT molecular complexity index is 524. The quantitative estimate of drug-likeness (QED) is 0.849. The Morgan fingerprint density at radius 1 is 1.47 bits per heavy atom. The smallest absolute Gasteiger partial charge is 0.336 e. The fourth-order valence-electron chi connectivity index (χ4n) is 1.13. The van der Waals surface area contributed by atoms with E-state index in [0.29, 0.717) is 0 Å². The van der Waals surface area contributed by atoms with E-state index in [0.717, 1.165) is 6.07 Å². The van der Waals surface area contributed by atoms with Gasteiger partial charge >= 0.3 is 16.2 Å². The highest BCUT2D eigenvalue weighted by Gasteiger charge is 2.21. The molecule has 15 heavy (non-hydrogen) atoms. The molecule has 0 bridgehead atoms. The molecule has 7 heteroatoms. The van der Waals surface area contributed by atoms with E-state index in [9.17, 15) is 17.1 Å². The molecule has 0 spiro atoms. The van der Waals surface area contributed by atoms with Gasteiger partial charge in [0.05, 0.1) is 5.56 Å². The van der Waals surface area contributed by atoms with Crippen molar-refractivity contribution in [3.63, 3.8) is 0 Å². The highest BCUT2D eigenvalue weighted by molar-refractivity contribution is 9.10. The van der Waals surface area contributed by atoms with Crippen molar-refractivity contribution in [2.75, 3.05) is 0 Å². The highest BCUT2D eigenvalue weighted by Crippen LogP contribution is 2.26. The van der Waals surface area contributed by atoms with E-state index in [1.54, 1.807) is 0 Å². The van der Waals surface area contributed by atoms with Crippen LogP contribution in [0.2, 0.25) is 0 Å². The van der Waals surface area contributed by atoms with Crippen LogP contribution in [0.1, 0.15) is 15.9 Å². The van der Waals surface area contributed by atoms with Crippen LogP contribution in [-0.2, 0) is 10.2 Å². The molecule has 0 fully saturated rings. The maximum atomic E-state index is 12.8. The lowest BCUT2D eigenvalue weighted by Gasteiger charge is -2.05. The summed E-state index contributed by atoms with van der Waals surface area (Å²) in [5.74, 6) is -1.31. The Morgan fingerprint density at radius 2 is 2.00 bits per heavy atom. The molecule has 0 amide bonds. The van der Waals surface area contributed by atoms with Crippen LogP contribution in [0.4, 0.5) is 3.89 Å². The van der Waals surface area contributed by atoms with Gasteiger partial charge in [0.15, 0.2) is 0 Å². The number of hydrogen-bond donors (Lipinski definition) is 1. The molecule has 0 unspecified atom stereocenters. The van der Waals surface area contributed by atoms with Crippen LogP contribution in [-0.4, -0.2) is 19.5 Å². The summed E-state index contributed by atoms with van der Waals surface area (Å²) >= 11 is 2.91. The maximum Gasteiger partial charge on any atom is 0.336 e. The SMILES string of the molecule is Cc1c(C(=O)O)cc(Br)cc1S(=O)(=O)F. The van der Waals surface area contributed by atoms with E-state index < -0.39 is 21.1 Å². The van der Waals surface area contributed by atoms with Gasteiger partial charge in [0.25, 0.3) is 0 Å². The molecule has 1 aromatic rings. The first-order chi connectivity index (χ1) is 6.73. The minimum Gasteiger partial charge on any atom is -0.478 e. The molecule has 0 aliphatic heterocycles. The number of hydrogen-bond acceptors (Lipinski definition) is 3. The maximum absolute atomic E-state index is 12.8. The van der Waals surface area contributed by atoms with E-state index in [2.05, 4.69) is 15.9 Å². The Hall–Kier alpha value is -0.950. The van der Waals surface area contributed by atoms with Gasteiger partial charge < -0.3 is 5.11 Å². The number of halogens is 2. The van der Waals surface area contributed by atoms with Crippen molar-refractivity contribution in [3.8, 4) is 0 Å². The molecule has 1 rings (SSSR count). The zero-order valence-electron chi connectivity index (χ0n) is 7.49. The molecule has 1 aromatic carbocycles. The van der Waals surface area contributed by atoms with Gasteiger partial charge in [-0.15, -0.1) is 3.89 Å². The minimum atomic E-state index is -4.91. The van der Waals surface area contributed by atoms with Gasteiger partial charge in [-0.1, -0.05) is 15.9 Å². The fourth-order valence-corrected chi connectivity index (χ4v) is 2.48. The second kappa shape index (κ2) is 3.90. The van der Waals surface area contributed by atoms with Crippen molar-refractivity contribution in [2.24, 2.45) is 0 Å². The number of aromatic carboxylic acids is 1. The zero-order valence-corrected chi connectivity index (χ0v) is 9.89. The Morgan fingerprint density at radius 3 is 2.40 bits per heavy atom. The number of carbonyl (C=O) groups is 1. The molecule has 0 saturated heterocycles. The van der Waals surface area contributed by atoms with Crippen LogP contribution >= 0.6 is 15.9 Å². The molecular formula is C8H6BrFO4S. The molecule has 1 N–H and O–H groups in total. The molecule has 0 heterocycles. The molecule has 0 atom stereocenters. The third kappa shape index (κ3) is 2.54. The summed E-state index contributed by atoms with van der Waals surface area (Å²) in [6, 6.07) is 2.24. The lowest BCUT2D eigenvalue weighted by molar-refractivity contribution is 0.0695. The normalized spacial score (nSPS) is 11.4. The Kier molecular flexibility index (Phi) is 3.15. The molecule has 0 radical (unpaired) electrons. The standard InChI is InChI=1S/C8H6BrFO4S/c1-4-6(8(11)12)2-5(9)3-7(4)15(10,13)14/h2-3H,1H3,(H,11,12). The van der Waals surface area contributed by atoms with Crippen LogP contribution in [0, 0.1) is 6.92 Å². The van der Waals surface area contributed by atoms with Crippen LogP contribution in [0.3, 0.4) is 0 Å². The van der Waals surface area contributed by atoms with Crippen molar-refractivity contribution >= 4 is 32.1 Å². The average molecular weight is 297 g/mol. The first-order valence-corrected chi connectivity index (χ1v) is 5.89. The van der Waals surface area contributed by atoms with Gasteiger partial charge in [0.2, 0.25) is 0 Å². The highest BCUT2D eigenvalue weighted by atomic mass is 79.9. The monoisotopic (exact) mass is 296 g/mol. The largest absolute Gasteiger partial charge is 0.478 e. The first kappa shape index (κ1) is 12.1. The van der Waals surface area contributed by atoms with E-state index in [1.165, 1.54) is 13.0 Å². The summed E-state index contributed by atoms with van der Waals surface area (Å²) in [6.07, 6.45) is 0. The number of rotatable bonds is 2. The Balaban J connectivity index is 3.63. The average Bonchev–Trinajstić information content (AvgIpc) is 2.06. The van der Waals surface area contributed by atoms with Crippen molar-refractivity contribution < 1.29 is 22.2 Å². The van der Waals surface area contributed by atoms with Crippen LogP contribution in [0.15, 0.2) is 21.5 Å². The third-order valence-electron chi connectivity index (χ3n) is 1.82. The second-order valence-corrected chi connectivity index (χ2v) is 5.05. The summed E-state index contributed by atoms with van der Waals surface area (Å²) in [7, 11) is -4.91. The van der Waals surface area contributed by atoms with E-state index in [1.807, 2.05) is 0 Å². The van der Waals surface area contributed by atoms with Crippen LogP contribution < -0.4 is 0 Å². The van der Waals surface area contributed by atoms with E-state index in [4.69, 9.17) is 5.11 Å². The number of benzene rings is 1. The lowest BCUT2D eigenvalue weighted by Crippen LogP contribution is -2.05. The molecule has 0 aromatic heterocycles.